The minimum atomic E-state index is -0.186. The highest BCUT2D eigenvalue weighted by atomic mass is 16.1. The first-order valence-corrected chi connectivity index (χ1v) is 5.82. The van der Waals surface area contributed by atoms with E-state index in [9.17, 15) is 4.79 Å². The molecule has 0 saturated carbocycles. The first kappa shape index (κ1) is 10.9. The van der Waals surface area contributed by atoms with Gasteiger partial charge in [-0.05, 0) is 34.9 Å². The van der Waals surface area contributed by atoms with Crippen LogP contribution in [0.1, 0.15) is 22.7 Å². The zero-order valence-electron chi connectivity index (χ0n) is 9.76. The zero-order chi connectivity index (χ0) is 12.5. The lowest BCUT2D eigenvalue weighted by atomic mass is 9.98. The van der Waals surface area contributed by atoms with Crippen molar-refractivity contribution in [3.8, 4) is 0 Å². The number of carbonyl (C=O) groups excluding carboxylic acids is 1. The van der Waals surface area contributed by atoms with Crippen molar-refractivity contribution in [1.29, 1.82) is 0 Å². The molecule has 1 aliphatic heterocycles. The molecule has 0 aliphatic carbocycles. The van der Waals surface area contributed by atoms with Gasteiger partial charge in [-0.2, -0.15) is 0 Å². The minimum absolute atomic E-state index is 0.0413. The Balaban J connectivity index is 1.94. The molecular weight excluding hydrogens is 226 g/mol. The van der Waals surface area contributed by atoms with Gasteiger partial charge in [0.05, 0.1) is 12.5 Å². The van der Waals surface area contributed by atoms with E-state index in [1.54, 1.807) is 12.4 Å². The summed E-state index contributed by atoms with van der Waals surface area (Å²) in [6.07, 6.45) is 3.90. The lowest BCUT2D eigenvalue weighted by Gasteiger charge is -2.13. The van der Waals surface area contributed by atoms with Crippen molar-refractivity contribution in [2.24, 2.45) is 5.73 Å². The summed E-state index contributed by atoms with van der Waals surface area (Å²) >= 11 is 0. The van der Waals surface area contributed by atoms with E-state index in [1.807, 2.05) is 30.3 Å². The van der Waals surface area contributed by atoms with Gasteiger partial charge in [-0.15, -0.1) is 0 Å². The monoisotopic (exact) mass is 239 g/mol. The maximum absolute atomic E-state index is 11.3. The van der Waals surface area contributed by atoms with Crippen LogP contribution in [0.25, 0.3) is 0 Å². The standard InChI is InChI=1S/C14H13N3O/c15-14(9-3-5-16-6-4-9)10-1-2-12-11(7-10)8-13(18)17-12/h1-7,14H,8,15H2,(H,17,18). The van der Waals surface area contributed by atoms with Crippen LogP contribution in [0.15, 0.2) is 42.7 Å². The van der Waals surface area contributed by atoms with Crippen molar-refractivity contribution >= 4 is 11.6 Å². The second-order valence-corrected chi connectivity index (χ2v) is 4.40. The Morgan fingerprint density at radius 1 is 1.17 bits per heavy atom. The fourth-order valence-corrected chi connectivity index (χ4v) is 2.21. The molecule has 0 radical (unpaired) electrons. The largest absolute Gasteiger partial charge is 0.326 e. The summed E-state index contributed by atoms with van der Waals surface area (Å²) in [7, 11) is 0. The number of carbonyl (C=O) groups is 1. The SMILES string of the molecule is NC(c1ccncc1)c1ccc2c(c1)CC(=O)N2. The molecule has 1 aromatic carbocycles. The van der Waals surface area contributed by atoms with Crippen molar-refractivity contribution in [2.45, 2.75) is 12.5 Å². The van der Waals surface area contributed by atoms with E-state index >= 15 is 0 Å². The maximum atomic E-state index is 11.3. The quantitative estimate of drug-likeness (QED) is 0.836. The summed E-state index contributed by atoms with van der Waals surface area (Å²) < 4.78 is 0. The number of hydrogen-bond donors (Lipinski definition) is 2. The number of nitrogens with one attached hydrogen (secondary N) is 1. The summed E-state index contributed by atoms with van der Waals surface area (Å²) in [5.74, 6) is 0.0413. The van der Waals surface area contributed by atoms with Gasteiger partial charge in [0.2, 0.25) is 5.91 Å². The highest BCUT2D eigenvalue weighted by molar-refractivity contribution is 5.99. The smallest absolute Gasteiger partial charge is 0.228 e. The highest BCUT2D eigenvalue weighted by Gasteiger charge is 2.19. The van der Waals surface area contributed by atoms with Crippen LogP contribution in [0.5, 0.6) is 0 Å². The number of pyridine rings is 1. The van der Waals surface area contributed by atoms with Crippen molar-refractivity contribution in [3.05, 3.63) is 59.4 Å². The molecule has 4 heteroatoms. The number of anilines is 1. The topological polar surface area (TPSA) is 68.0 Å². The number of fused-ring (bicyclic) bond motifs is 1. The molecule has 1 aromatic heterocycles. The predicted molar refractivity (Wildman–Crippen MR) is 69.0 cm³/mol. The second-order valence-electron chi connectivity index (χ2n) is 4.40. The third-order valence-corrected chi connectivity index (χ3v) is 3.18. The van der Waals surface area contributed by atoms with E-state index in [2.05, 4.69) is 10.3 Å². The Morgan fingerprint density at radius 2 is 1.94 bits per heavy atom. The number of hydrogen-bond acceptors (Lipinski definition) is 3. The summed E-state index contributed by atoms with van der Waals surface area (Å²) in [5, 5.41) is 2.81. The van der Waals surface area contributed by atoms with Crippen LogP contribution in [0.3, 0.4) is 0 Å². The van der Waals surface area contributed by atoms with Crippen LogP contribution in [0.2, 0.25) is 0 Å². The Hall–Kier alpha value is -2.20. The molecule has 3 rings (SSSR count). The van der Waals surface area contributed by atoms with Crippen molar-refractivity contribution < 1.29 is 4.79 Å². The third-order valence-electron chi connectivity index (χ3n) is 3.18. The lowest BCUT2D eigenvalue weighted by molar-refractivity contribution is -0.115. The van der Waals surface area contributed by atoms with Crippen LogP contribution in [-0.4, -0.2) is 10.9 Å². The summed E-state index contributed by atoms with van der Waals surface area (Å²) in [6, 6.07) is 9.49. The molecule has 1 atom stereocenters. The molecule has 1 amide bonds. The number of nitrogens with zero attached hydrogens (tertiary/aromatic N) is 1. The number of nitrogens with two attached hydrogens (primary N) is 1. The molecular formula is C14H13N3O. The van der Waals surface area contributed by atoms with Crippen LogP contribution < -0.4 is 11.1 Å². The molecule has 4 nitrogen and oxygen atoms in total. The predicted octanol–water partition coefficient (Wildman–Crippen LogP) is 1.62. The Bertz CT molecular complexity index is 595. The molecule has 1 aliphatic rings. The van der Waals surface area contributed by atoms with Crippen molar-refractivity contribution in [1.82, 2.24) is 4.98 Å². The van der Waals surface area contributed by atoms with Crippen LogP contribution in [0, 0.1) is 0 Å². The number of aromatic nitrogens is 1. The molecule has 0 fully saturated rings. The number of amides is 1. The average molecular weight is 239 g/mol. The van der Waals surface area contributed by atoms with E-state index in [-0.39, 0.29) is 11.9 Å². The van der Waals surface area contributed by atoms with Crippen molar-refractivity contribution in [3.63, 3.8) is 0 Å². The van der Waals surface area contributed by atoms with E-state index in [0.717, 1.165) is 22.4 Å². The van der Waals surface area contributed by atoms with Gasteiger partial charge in [-0.3, -0.25) is 9.78 Å². The Morgan fingerprint density at radius 3 is 2.72 bits per heavy atom. The van der Waals surface area contributed by atoms with Gasteiger partial charge in [0, 0.05) is 18.1 Å². The van der Waals surface area contributed by atoms with Gasteiger partial charge < -0.3 is 11.1 Å². The minimum Gasteiger partial charge on any atom is -0.326 e. The van der Waals surface area contributed by atoms with Crippen molar-refractivity contribution in [2.75, 3.05) is 5.32 Å². The Kier molecular flexibility index (Phi) is 2.57. The van der Waals surface area contributed by atoms with Crippen LogP contribution in [0.4, 0.5) is 5.69 Å². The summed E-state index contributed by atoms with van der Waals surface area (Å²) in [4.78, 5) is 15.3. The van der Waals surface area contributed by atoms with E-state index in [1.165, 1.54) is 0 Å². The second kappa shape index (κ2) is 4.23. The van der Waals surface area contributed by atoms with Gasteiger partial charge in [-0.1, -0.05) is 12.1 Å². The fourth-order valence-electron chi connectivity index (χ4n) is 2.21. The summed E-state index contributed by atoms with van der Waals surface area (Å²) in [5.41, 5.74) is 10.1. The first-order chi connectivity index (χ1) is 8.74. The molecule has 3 N–H and O–H groups in total. The molecule has 0 bridgehead atoms. The van der Waals surface area contributed by atoms with Crippen LogP contribution in [-0.2, 0) is 11.2 Å². The average Bonchev–Trinajstić information content (AvgIpc) is 2.78. The van der Waals surface area contributed by atoms with Gasteiger partial charge in [0.1, 0.15) is 0 Å². The highest BCUT2D eigenvalue weighted by Crippen LogP contribution is 2.27. The molecule has 18 heavy (non-hydrogen) atoms. The molecule has 1 unspecified atom stereocenters. The third kappa shape index (κ3) is 1.87. The molecule has 2 aromatic rings. The molecule has 2 heterocycles. The maximum Gasteiger partial charge on any atom is 0.228 e. The fraction of sp³-hybridized carbons (Fsp3) is 0.143. The zero-order valence-corrected chi connectivity index (χ0v) is 9.76. The van der Waals surface area contributed by atoms with E-state index in [4.69, 9.17) is 5.73 Å². The van der Waals surface area contributed by atoms with E-state index in [0.29, 0.717) is 6.42 Å². The molecule has 90 valence electrons. The molecule has 0 saturated heterocycles. The normalized spacial score (nSPS) is 15.1. The summed E-state index contributed by atoms with van der Waals surface area (Å²) in [6.45, 7) is 0. The number of rotatable bonds is 2. The lowest BCUT2D eigenvalue weighted by Crippen LogP contribution is -2.11. The Labute approximate surface area is 105 Å². The van der Waals surface area contributed by atoms with Gasteiger partial charge in [0.25, 0.3) is 0 Å². The van der Waals surface area contributed by atoms with Crippen LogP contribution >= 0.6 is 0 Å². The number of benzene rings is 1. The molecule has 0 spiro atoms. The van der Waals surface area contributed by atoms with Gasteiger partial charge >= 0.3 is 0 Å². The first-order valence-electron chi connectivity index (χ1n) is 5.82. The van der Waals surface area contributed by atoms with E-state index < -0.39 is 0 Å². The van der Waals surface area contributed by atoms with Gasteiger partial charge in [0.15, 0.2) is 0 Å². The van der Waals surface area contributed by atoms with Gasteiger partial charge in [-0.25, -0.2) is 0 Å².